The first-order valence-corrected chi connectivity index (χ1v) is 7.93. The molecule has 0 bridgehead atoms. The van der Waals surface area contributed by atoms with E-state index in [1.807, 2.05) is 14.1 Å². The lowest BCUT2D eigenvalue weighted by atomic mass is 9.95. The second-order valence-electron chi connectivity index (χ2n) is 5.66. The number of ether oxygens (including phenoxy) is 1. The predicted octanol–water partition coefficient (Wildman–Crippen LogP) is 3.87. The summed E-state index contributed by atoms with van der Waals surface area (Å²) in [4.78, 5) is 14.2. The molecule has 0 amide bonds. The number of carbonyl (C=O) groups is 1. The fraction of sp³-hybridized carbons (Fsp3) is 0.938. The molecule has 0 rings (SSSR count). The summed E-state index contributed by atoms with van der Waals surface area (Å²) >= 11 is 0. The highest BCUT2D eigenvalue weighted by Crippen LogP contribution is 2.18. The Kier molecular flexibility index (Phi) is 12.1. The maximum absolute atomic E-state index is 12.1. The van der Waals surface area contributed by atoms with Gasteiger partial charge in [-0.25, -0.2) is 0 Å². The van der Waals surface area contributed by atoms with E-state index in [9.17, 15) is 4.79 Å². The Hall–Kier alpha value is -0.570. The molecule has 0 saturated heterocycles. The van der Waals surface area contributed by atoms with Crippen LogP contribution in [0.4, 0.5) is 0 Å². The van der Waals surface area contributed by atoms with Crippen LogP contribution in [0.15, 0.2) is 0 Å². The molecular formula is C16H33NO2. The molecule has 0 aliphatic rings. The van der Waals surface area contributed by atoms with E-state index in [4.69, 9.17) is 4.74 Å². The van der Waals surface area contributed by atoms with Crippen LogP contribution in [-0.2, 0) is 9.53 Å². The summed E-state index contributed by atoms with van der Waals surface area (Å²) in [6.45, 7) is 5.91. The highest BCUT2D eigenvalue weighted by Gasteiger charge is 2.18. The highest BCUT2D eigenvalue weighted by atomic mass is 16.5. The third-order valence-electron chi connectivity index (χ3n) is 3.39. The van der Waals surface area contributed by atoms with Gasteiger partial charge in [0.2, 0.25) is 0 Å². The number of esters is 1. The van der Waals surface area contributed by atoms with E-state index in [1.54, 1.807) is 0 Å². The van der Waals surface area contributed by atoms with Gasteiger partial charge in [0.1, 0.15) is 0 Å². The molecule has 1 atom stereocenters. The summed E-state index contributed by atoms with van der Waals surface area (Å²) < 4.78 is 5.42. The Balaban J connectivity index is 3.92. The van der Waals surface area contributed by atoms with Gasteiger partial charge in [0, 0.05) is 6.54 Å². The zero-order chi connectivity index (χ0) is 14.5. The lowest BCUT2D eigenvalue weighted by Crippen LogP contribution is -2.21. The van der Waals surface area contributed by atoms with Gasteiger partial charge in [0.05, 0.1) is 12.5 Å². The maximum Gasteiger partial charge on any atom is 0.308 e. The molecule has 114 valence electrons. The fourth-order valence-corrected chi connectivity index (χ4v) is 2.14. The topological polar surface area (TPSA) is 29.5 Å². The Labute approximate surface area is 119 Å². The normalized spacial score (nSPS) is 12.7. The summed E-state index contributed by atoms with van der Waals surface area (Å²) in [5.74, 6) is 0.161. The fourth-order valence-electron chi connectivity index (χ4n) is 2.14. The number of hydrogen-bond donors (Lipinski definition) is 0. The van der Waals surface area contributed by atoms with Crippen LogP contribution in [0.2, 0.25) is 0 Å². The van der Waals surface area contributed by atoms with Gasteiger partial charge in [-0.3, -0.25) is 4.79 Å². The van der Waals surface area contributed by atoms with Crippen LogP contribution < -0.4 is 0 Å². The van der Waals surface area contributed by atoms with Crippen LogP contribution in [0.5, 0.6) is 0 Å². The number of unbranched alkanes of at least 4 members (excludes halogenated alkanes) is 3. The molecule has 0 aliphatic heterocycles. The van der Waals surface area contributed by atoms with Crippen LogP contribution in [0, 0.1) is 5.92 Å². The first-order chi connectivity index (χ1) is 9.11. The highest BCUT2D eigenvalue weighted by molar-refractivity contribution is 5.72. The second-order valence-corrected chi connectivity index (χ2v) is 5.66. The molecular weight excluding hydrogens is 238 g/mol. The minimum Gasteiger partial charge on any atom is -0.465 e. The van der Waals surface area contributed by atoms with Gasteiger partial charge in [-0.1, -0.05) is 46.0 Å². The Morgan fingerprint density at radius 1 is 1.00 bits per heavy atom. The van der Waals surface area contributed by atoms with E-state index in [0.29, 0.717) is 6.61 Å². The Morgan fingerprint density at radius 2 is 1.63 bits per heavy atom. The van der Waals surface area contributed by atoms with Gasteiger partial charge in [-0.2, -0.15) is 0 Å². The number of hydrogen-bond acceptors (Lipinski definition) is 3. The second kappa shape index (κ2) is 12.5. The molecule has 0 aromatic carbocycles. The van der Waals surface area contributed by atoms with Crippen LogP contribution in [-0.4, -0.2) is 38.1 Å². The van der Waals surface area contributed by atoms with Crippen molar-refractivity contribution < 1.29 is 9.53 Å². The van der Waals surface area contributed by atoms with Crippen LogP contribution in [0.25, 0.3) is 0 Å². The van der Waals surface area contributed by atoms with Crippen molar-refractivity contribution in [2.24, 2.45) is 5.92 Å². The average molecular weight is 271 g/mol. The molecule has 1 unspecified atom stereocenters. The molecule has 0 saturated carbocycles. The number of nitrogens with zero attached hydrogens (tertiary/aromatic N) is 1. The first-order valence-electron chi connectivity index (χ1n) is 7.93. The first kappa shape index (κ1) is 18.4. The van der Waals surface area contributed by atoms with Crippen molar-refractivity contribution in [1.82, 2.24) is 4.90 Å². The molecule has 0 fully saturated rings. The van der Waals surface area contributed by atoms with Crippen molar-refractivity contribution in [3.8, 4) is 0 Å². The van der Waals surface area contributed by atoms with E-state index in [-0.39, 0.29) is 11.9 Å². The maximum atomic E-state index is 12.1. The molecule has 0 aromatic rings. The minimum atomic E-state index is 0.0308. The third-order valence-corrected chi connectivity index (χ3v) is 3.39. The standard InChI is InChI=1S/C16H33NO2/c1-5-7-9-12-15(11-8-6-2)16(18)19-14-10-13-17(3)4/h15H,5-14H2,1-4H3. The van der Waals surface area contributed by atoms with E-state index < -0.39 is 0 Å². The average Bonchev–Trinajstić information content (AvgIpc) is 2.38. The monoisotopic (exact) mass is 271 g/mol. The third kappa shape index (κ3) is 11.0. The van der Waals surface area contributed by atoms with E-state index in [1.165, 1.54) is 12.8 Å². The molecule has 0 heterocycles. The summed E-state index contributed by atoms with van der Waals surface area (Å²) in [5.41, 5.74) is 0. The lowest BCUT2D eigenvalue weighted by Gasteiger charge is -2.16. The van der Waals surface area contributed by atoms with Gasteiger partial charge in [0.25, 0.3) is 0 Å². The zero-order valence-corrected chi connectivity index (χ0v) is 13.4. The van der Waals surface area contributed by atoms with Crippen LogP contribution in [0.3, 0.4) is 0 Å². The van der Waals surface area contributed by atoms with Gasteiger partial charge >= 0.3 is 5.97 Å². The molecule has 0 aromatic heterocycles. The largest absolute Gasteiger partial charge is 0.465 e. The van der Waals surface area contributed by atoms with Gasteiger partial charge in [0.15, 0.2) is 0 Å². The quantitative estimate of drug-likeness (QED) is 0.398. The van der Waals surface area contributed by atoms with E-state index in [2.05, 4.69) is 18.7 Å². The van der Waals surface area contributed by atoms with Crippen molar-refractivity contribution in [3.63, 3.8) is 0 Å². The molecule has 3 nitrogen and oxygen atoms in total. The van der Waals surface area contributed by atoms with Gasteiger partial charge in [-0.05, 0) is 33.4 Å². The summed E-state index contributed by atoms with van der Waals surface area (Å²) in [5, 5.41) is 0. The molecule has 0 radical (unpaired) electrons. The number of rotatable bonds is 12. The SMILES string of the molecule is CCCCCC(CCCC)C(=O)OCCCN(C)C. The van der Waals surface area contributed by atoms with Crippen molar-refractivity contribution in [1.29, 1.82) is 0 Å². The molecule has 0 spiro atoms. The van der Waals surface area contributed by atoms with Crippen molar-refractivity contribution in [2.75, 3.05) is 27.2 Å². The van der Waals surface area contributed by atoms with Crippen molar-refractivity contribution in [3.05, 3.63) is 0 Å². The Bertz CT molecular complexity index is 217. The smallest absolute Gasteiger partial charge is 0.308 e. The Morgan fingerprint density at radius 3 is 2.21 bits per heavy atom. The van der Waals surface area contributed by atoms with Gasteiger partial charge < -0.3 is 9.64 Å². The molecule has 0 N–H and O–H groups in total. The lowest BCUT2D eigenvalue weighted by molar-refractivity contribution is -0.149. The van der Waals surface area contributed by atoms with E-state index >= 15 is 0 Å². The summed E-state index contributed by atoms with van der Waals surface area (Å²) in [6.07, 6.45) is 8.77. The molecule has 0 aliphatic carbocycles. The van der Waals surface area contributed by atoms with Crippen molar-refractivity contribution in [2.45, 2.75) is 65.2 Å². The van der Waals surface area contributed by atoms with Gasteiger partial charge in [-0.15, -0.1) is 0 Å². The summed E-state index contributed by atoms with van der Waals surface area (Å²) in [6, 6.07) is 0. The zero-order valence-electron chi connectivity index (χ0n) is 13.4. The predicted molar refractivity (Wildman–Crippen MR) is 81.3 cm³/mol. The molecule has 3 heteroatoms. The van der Waals surface area contributed by atoms with Crippen LogP contribution >= 0.6 is 0 Å². The van der Waals surface area contributed by atoms with Crippen LogP contribution in [0.1, 0.15) is 65.2 Å². The summed E-state index contributed by atoms with van der Waals surface area (Å²) in [7, 11) is 4.08. The van der Waals surface area contributed by atoms with Crippen molar-refractivity contribution >= 4 is 5.97 Å². The minimum absolute atomic E-state index is 0.0308. The molecule has 19 heavy (non-hydrogen) atoms. The number of carbonyl (C=O) groups excluding carboxylic acids is 1. The van der Waals surface area contributed by atoms with E-state index in [0.717, 1.165) is 45.1 Å².